The van der Waals surface area contributed by atoms with Crippen LogP contribution in [-0.2, 0) is 4.79 Å². The van der Waals surface area contributed by atoms with Crippen LogP contribution in [0.3, 0.4) is 0 Å². The largest absolute Gasteiger partial charge is 0.496 e. The summed E-state index contributed by atoms with van der Waals surface area (Å²) >= 11 is 0. The summed E-state index contributed by atoms with van der Waals surface area (Å²) in [4.78, 5) is 12.0. The zero-order valence-corrected chi connectivity index (χ0v) is 14.6. The van der Waals surface area contributed by atoms with Gasteiger partial charge in [-0.2, -0.15) is 5.10 Å². The van der Waals surface area contributed by atoms with Crippen molar-refractivity contribution in [3.05, 3.63) is 42.0 Å². The maximum atomic E-state index is 12.0. The number of hydrogen-bond acceptors (Lipinski definition) is 4. The summed E-state index contributed by atoms with van der Waals surface area (Å²) in [5, 5.41) is 9.58. The minimum atomic E-state index is -0.124. The Hall–Kier alpha value is -2.40. The Morgan fingerprint density at radius 3 is 2.80 bits per heavy atom. The fraction of sp³-hybridized carbons (Fsp3) is 0.400. The van der Waals surface area contributed by atoms with Gasteiger partial charge >= 0.3 is 0 Å². The molecule has 3 rings (SSSR count). The van der Waals surface area contributed by atoms with Crippen LogP contribution < -0.4 is 15.5 Å². The van der Waals surface area contributed by atoms with Crippen LogP contribution in [0.25, 0.3) is 10.8 Å². The van der Waals surface area contributed by atoms with Crippen LogP contribution in [0.2, 0.25) is 0 Å². The summed E-state index contributed by atoms with van der Waals surface area (Å²) in [5.74, 6) is 0.609. The number of hydrogen-bond donors (Lipinski definition) is 2. The monoisotopic (exact) mass is 339 g/mol. The Kier molecular flexibility index (Phi) is 6.01. The molecular weight excluding hydrogens is 314 g/mol. The second-order valence-corrected chi connectivity index (χ2v) is 6.41. The van der Waals surface area contributed by atoms with E-state index in [-0.39, 0.29) is 5.91 Å². The number of hydrazone groups is 1. The molecule has 1 aliphatic rings. The third-order valence-corrected chi connectivity index (χ3v) is 4.69. The molecule has 0 aliphatic heterocycles. The van der Waals surface area contributed by atoms with Gasteiger partial charge in [0.1, 0.15) is 5.75 Å². The normalized spacial score (nSPS) is 15.6. The first kappa shape index (κ1) is 17.4. The summed E-state index contributed by atoms with van der Waals surface area (Å²) in [5.41, 5.74) is 3.46. The number of fused-ring (bicyclic) bond motifs is 1. The van der Waals surface area contributed by atoms with Crippen molar-refractivity contribution in [1.29, 1.82) is 0 Å². The second-order valence-electron chi connectivity index (χ2n) is 6.41. The molecule has 0 bridgehead atoms. The molecule has 0 aromatic heterocycles. The molecule has 0 heterocycles. The van der Waals surface area contributed by atoms with Gasteiger partial charge in [-0.05, 0) is 29.7 Å². The number of methoxy groups -OCH3 is 1. The van der Waals surface area contributed by atoms with Crippen molar-refractivity contribution in [3.63, 3.8) is 0 Å². The Morgan fingerprint density at radius 2 is 2.00 bits per heavy atom. The number of nitrogens with zero attached hydrogens (tertiary/aromatic N) is 1. The lowest BCUT2D eigenvalue weighted by molar-refractivity contribution is -0.120. The van der Waals surface area contributed by atoms with Crippen LogP contribution in [0, 0.1) is 0 Å². The van der Waals surface area contributed by atoms with Crippen LogP contribution in [0.1, 0.15) is 37.7 Å². The molecule has 2 aromatic rings. The lowest BCUT2D eigenvalue weighted by atomic mass is 9.95. The van der Waals surface area contributed by atoms with Gasteiger partial charge in [-0.1, -0.05) is 49.6 Å². The summed E-state index contributed by atoms with van der Waals surface area (Å²) in [7, 11) is 1.63. The maximum absolute atomic E-state index is 12.0. The lowest BCUT2D eigenvalue weighted by Gasteiger charge is -2.22. The fourth-order valence-electron chi connectivity index (χ4n) is 3.34. The van der Waals surface area contributed by atoms with Crippen molar-refractivity contribution in [2.45, 2.75) is 38.1 Å². The number of amides is 1. The minimum Gasteiger partial charge on any atom is -0.496 e. The van der Waals surface area contributed by atoms with Crippen molar-refractivity contribution in [3.8, 4) is 5.75 Å². The molecule has 5 heteroatoms. The van der Waals surface area contributed by atoms with E-state index in [0.29, 0.717) is 12.6 Å². The van der Waals surface area contributed by atoms with Crippen LogP contribution in [-0.4, -0.2) is 31.8 Å². The van der Waals surface area contributed by atoms with Crippen LogP contribution in [0.15, 0.2) is 41.5 Å². The van der Waals surface area contributed by atoms with E-state index in [9.17, 15) is 4.79 Å². The molecule has 132 valence electrons. The Balaban J connectivity index is 1.61. The van der Waals surface area contributed by atoms with E-state index in [1.807, 2.05) is 36.4 Å². The molecule has 2 aromatic carbocycles. The first-order valence-corrected chi connectivity index (χ1v) is 8.89. The van der Waals surface area contributed by atoms with Crippen molar-refractivity contribution in [2.24, 2.45) is 5.10 Å². The van der Waals surface area contributed by atoms with E-state index >= 15 is 0 Å². The highest BCUT2D eigenvalue weighted by atomic mass is 16.5. The maximum Gasteiger partial charge on any atom is 0.254 e. The van der Waals surface area contributed by atoms with E-state index < -0.39 is 0 Å². The number of carbonyl (C=O) groups excluding carboxylic acids is 1. The number of benzene rings is 2. The molecule has 5 nitrogen and oxygen atoms in total. The Morgan fingerprint density at radius 1 is 1.20 bits per heavy atom. The molecule has 0 spiro atoms. The van der Waals surface area contributed by atoms with Gasteiger partial charge in [0.05, 0.1) is 19.9 Å². The van der Waals surface area contributed by atoms with E-state index in [1.54, 1.807) is 13.3 Å². The molecule has 1 amide bonds. The summed E-state index contributed by atoms with van der Waals surface area (Å²) in [6, 6.07) is 12.4. The topological polar surface area (TPSA) is 62.7 Å². The van der Waals surface area contributed by atoms with Gasteiger partial charge in [0.2, 0.25) is 0 Å². The fourth-order valence-corrected chi connectivity index (χ4v) is 3.34. The third-order valence-electron chi connectivity index (χ3n) is 4.69. The van der Waals surface area contributed by atoms with E-state index in [1.165, 1.54) is 19.3 Å². The predicted octanol–water partition coefficient (Wildman–Crippen LogP) is 3.22. The summed E-state index contributed by atoms with van der Waals surface area (Å²) < 4.78 is 5.42. The highest BCUT2D eigenvalue weighted by molar-refractivity contribution is 6.02. The second kappa shape index (κ2) is 8.62. The molecule has 1 aliphatic carbocycles. The van der Waals surface area contributed by atoms with Crippen LogP contribution in [0.5, 0.6) is 5.75 Å². The molecular formula is C20H25N3O2. The van der Waals surface area contributed by atoms with E-state index in [4.69, 9.17) is 4.74 Å². The molecule has 2 N–H and O–H groups in total. The Labute approximate surface area is 148 Å². The van der Waals surface area contributed by atoms with Crippen molar-refractivity contribution < 1.29 is 9.53 Å². The van der Waals surface area contributed by atoms with Gasteiger partial charge in [-0.15, -0.1) is 0 Å². The van der Waals surface area contributed by atoms with E-state index in [0.717, 1.165) is 34.9 Å². The summed E-state index contributed by atoms with van der Waals surface area (Å²) in [6.45, 7) is 0.300. The van der Waals surface area contributed by atoms with Crippen molar-refractivity contribution in [1.82, 2.24) is 10.7 Å². The molecule has 1 fully saturated rings. The van der Waals surface area contributed by atoms with Crippen molar-refractivity contribution in [2.75, 3.05) is 13.7 Å². The van der Waals surface area contributed by atoms with Gasteiger partial charge in [-0.25, -0.2) is 5.43 Å². The van der Waals surface area contributed by atoms with Crippen LogP contribution in [0.4, 0.5) is 0 Å². The number of nitrogens with one attached hydrogen (secondary N) is 2. The minimum absolute atomic E-state index is 0.124. The van der Waals surface area contributed by atoms with Gasteiger partial charge in [0.15, 0.2) is 0 Å². The lowest BCUT2D eigenvalue weighted by Crippen LogP contribution is -2.38. The predicted molar refractivity (Wildman–Crippen MR) is 101 cm³/mol. The molecule has 0 atom stereocenters. The van der Waals surface area contributed by atoms with E-state index in [2.05, 4.69) is 15.8 Å². The smallest absolute Gasteiger partial charge is 0.254 e. The quantitative estimate of drug-likeness (QED) is 0.627. The average Bonchev–Trinajstić information content (AvgIpc) is 2.67. The standard InChI is InChI=1S/C20H25N3O2/c1-25-19-12-11-15-7-5-6-10-17(15)18(19)13-22-23-20(24)14-21-16-8-3-2-4-9-16/h5-7,10-13,16,21H,2-4,8-9,14H2,1H3,(H,23,24)/b22-13-. The molecule has 25 heavy (non-hydrogen) atoms. The first-order chi connectivity index (χ1) is 12.3. The average molecular weight is 339 g/mol. The molecule has 0 radical (unpaired) electrons. The van der Waals surface area contributed by atoms with Gasteiger partial charge in [0, 0.05) is 11.6 Å². The highest BCUT2D eigenvalue weighted by Gasteiger charge is 2.13. The van der Waals surface area contributed by atoms with Gasteiger partial charge < -0.3 is 10.1 Å². The number of rotatable bonds is 6. The Bertz CT molecular complexity index is 752. The van der Waals surface area contributed by atoms with Gasteiger partial charge in [-0.3, -0.25) is 4.79 Å². The number of carbonyl (C=O) groups is 1. The zero-order chi connectivity index (χ0) is 17.5. The zero-order valence-electron chi connectivity index (χ0n) is 14.6. The molecule has 0 unspecified atom stereocenters. The highest BCUT2D eigenvalue weighted by Crippen LogP contribution is 2.26. The SMILES string of the molecule is COc1ccc2ccccc2c1/C=N\NC(=O)CNC1CCCCC1. The number of ether oxygens (including phenoxy) is 1. The van der Waals surface area contributed by atoms with Gasteiger partial charge in [0.25, 0.3) is 5.91 Å². The third kappa shape index (κ3) is 4.57. The van der Waals surface area contributed by atoms with Crippen molar-refractivity contribution >= 4 is 22.9 Å². The molecule has 0 saturated heterocycles. The summed E-state index contributed by atoms with van der Waals surface area (Å²) in [6.07, 6.45) is 7.77. The molecule has 1 saturated carbocycles. The first-order valence-electron chi connectivity index (χ1n) is 8.89. The van der Waals surface area contributed by atoms with Crippen LogP contribution >= 0.6 is 0 Å².